The van der Waals surface area contributed by atoms with Crippen molar-refractivity contribution in [3.8, 4) is 5.82 Å². The van der Waals surface area contributed by atoms with E-state index in [9.17, 15) is 4.79 Å². The molecule has 2 aromatic heterocycles. The second-order valence-corrected chi connectivity index (χ2v) is 8.57. The lowest BCUT2D eigenvalue weighted by molar-refractivity contribution is -0.123. The van der Waals surface area contributed by atoms with Crippen LogP contribution < -0.4 is 16.0 Å². The van der Waals surface area contributed by atoms with Crippen LogP contribution in [0.15, 0.2) is 54.9 Å². The molecule has 0 radical (unpaired) electrons. The molecule has 1 atom stereocenters. The summed E-state index contributed by atoms with van der Waals surface area (Å²) in [7, 11) is 0. The Balaban J connectivity index is 1.54. The van der Waals surface area contributed by atoms with E-state index < -0.39 is 0 Å². The minimum Gasteiger partial charge on any atom is -0.358 e. The number of carbonyl (C=O) groups excluding carboxylic acids is 1. The second kappa shape index (κ2) is 11.3. The highest BCUT2D eigenvalue weighted by molar-refractivity contribution is 5.84. The Morgan fingerprint density at radius 3 is 2.56 bits per heavy atom. The molecule has 34 heavy (non-hydrogen) atoms. The summed E-state index contributed by atoms with van der Waals surface area (Å²) in [6.45, 7) is 10.2. The molecular formula is C26H31N7O. The fourth-order valence-electron chi connectivity index (χ4n) is 4.38. The van der Waals surface area contributed by atoms with Crippen LogP contribution in [0.2, 0.25) is 0 Å². The lowest BCUT2D eigenvalue weighted by atomic mass is 9.83. The van der Waals surface area contributed by atoms with Crippen LogP contribution in [0.4, 0.5) is 17.5 Å². The fraction of sp³-hybridized carbons (Fsp3) is 0.385. The second-order valence-electron chi connectivity index (χ2n) is 8.57. The number of nitrogens with zero attached hydrogens (tertiary/aromatic N) is 4. The molecule has 1 amide bonds. The number of amides is 1. The van der Waals surface area contributed by atoms with E-state index in [0.717, 1.165) is 37.1 Å². The lowest BCUT2D eigenvalue weighted by Gasteiger charge is -2.30. The van der Waals surface area contributed by atoms with Crippen LogP contribution in [0.5, 0.6) is 0 Å². The van der Waals surface area contributed by atoms with E-state index in [-0.39, 0.29) is 17.9 Å². The zero-order valence-electron chi connectivity index (χ0n) is 19.5. The molecule has 1 fully saturated rings. The first-order valence-corrected chi connectivity index (χ1v) is 11.9. The average Bonchev–Trinajstić information content (AvgIpc) is 3.42. The summed E-state index contributed by atoms with van der Waals surface area (Å²) >= 11 is 0. The smallest absolute Gasteiger partial charge is 0.243 e. The fourth-order valence-corrected chi connectivity index (χ4v) is 4.38. The topological polar surface area (TPSA) is 88.2 Å². The van der Waals surface area contributed by atoms with Gasteiger partial charge >= 0.3 is 0 Å². The van der Waals surface area contributed by atoms with Crippen molar-refractivity contribution in [2.24, 2.45) is 5.92 Å². The van der Waals surface area contributed by atoms with E-state index in [2.05, 4.69) is 30.8 Å². The molecule has 0 bridgehead atoms. The largest absolute Gasteiger partial charge is 0.358 e. The van der Waals surface area contributed by atoms with E-state index in [4.69, 9.17) is 6.57 Å². The SMILES string of the molecule is [C-]#[N+]c1ccc(CNC(=O)C(Nc2cc(-n3cccc3)nc(NCC)n2)C2CCCCC2)cc1. The minimum absolute atomic E-state index is 0.0349. The Hall–Kier alpha value is -3.86. The van der Waals surface area contributed by atoms with Crippen LogP contribution in [0.3, 0.4) is 0 Å². The van der Waals surface area contributed by atoms with Gasteiger partial charge in [-0.1, -0.05) is 43.5 Å². The number of benzene rings is 1. The van der Waals surface area contributed by atoms with Crippen molar-refractivity contribution in [1.82, 2.24) is 19.9 Å². The summed E-state index contributed by atoms with van der Waals surface area (Å²) in [5.74, 6) is 2.10. The first kappa shape index (κ1) is 23.3. The maximum Gasteiger partial charge on any atom is 0.243 e. The highest BCUT2D eigenvalue weighted by atomic mass is 16.2. The highest BCUT2D eigenvalue weighted by Gasteiger charge is 2.30. The van der Waals surface area contributed by atoms with E-state index >= 15 is 0 Å². The molecule has 0 spiro atoms. The van der Waals surface area contributed by atoms with E-state index in [1.54, 1.807) is 12.1 Å². The Bertz CT molecular complexity index is 1110. The van der Waals surface area contributed by atoms with Gasteiger partial charge in [0.25, 0.3) is 0 Å². The minimum atomic E-state index is -0.385. The monoisotopic (exact) mass is 457 g/mol. The molecule has 3 aromatic rings. The van der Waals surface area contributed by atoms with Gasteiger partial charge in [0.15, 0.2) is 5.69 Å². The third kappa shape index (κ3) is 5.93. The van der Waals surface area contributed by atoms with Crippen LogP contribution >= 0.6 is 0 Å². The number of nitrogens with one attached hydrogen (secondary N) is 3. The predicted molar refractivity (Wildman–Crippen MR) is 134 cm³/mol. The van der Waals surface area contributed by atoms with Crippen molar-refractivity contribution < 1.29 is 4.79 Å². The van der Waals surface area contributed by atoms with Crippen molar-refractivity contribution in [2.75, 3.05) is 17.2 Å². The molecule has 1 aliphatic rings. The van der Waals surface area contributed by atoms with Gasteiger partial charge in [-0.25, -0.2) is 4.85 Å². The summed E-state index contributed by atoms with van der Waals surface area (Å²) in [5.41, 5.74) is 1.56. The summed E-state index contributed by atoms with van der Waals surface area (Å²) in [6, 6.07) is 12.7. The number of hydrogen-bond donors (Lipinski definition) is 3. The van der Waals surface area contributed by atoms with E-state index in [0.29, 0.717) is 30.5 Å². The molecule has 0 aliphatic heterocycles. The van der Waals surface area contributed by atoms with Gasteiger partial charge in [-0.3, -0.25) is 4.79 Å². The molecule has 176 valence electrons. The van der Waals surface area contributed by atoms with Gasteiger partial charge < -0.3 is 20.5 Å². The molecule has 1 unspecified atom stereocenters. The summed E-state index contributed by atoms with van der Waals surface area (Å²) in [6.07, 6.45) is 9.39. The first-order chi connectivity index (χ1) is 16.7. The number of aromatic nitrogens is 3. The van der Waals surface area contributed by atoms with Gasteiger partial charge in [0.1, 0.15) is 17.7 Å². The van der Waals surface area contributed by atoms with Gasteiger partial charge in [0.2, 0.25) is 11.9 Å². The Labute approximate surface area is 200 Å². The summed E-state index contributed by atoms with van der Waals surface area (Å²) in [5, 5.41) is 9.73. The molecule has 1 aliphatic carbocycles. The molecule has 8 heteroatoms. The standard InChI is InChI=1S/C26H31N7O/c1-3-28-26-31-22(17-23(32-26)33-15-7-8-16-33)30-24(20-9-5-4-6-10-20)25(34)29-18-19-11-13-21(27-2)14-12-19/h7-8,11-17,20,24H,3-6,9-10,18H2,1H3,(H,29,34)(H2,28,30,31,32). The number of hydrogen-bond acceptors (Lipinski definition) is 5. The molecule has 3 N–H and O–H groups in total. The van der Waals surface area contributed by atoms with Gasteiger partial charge in [-0.05, 0) is 43.4 Å². The van der Waals surface area contributed by atoms with Gasteiger partial charge in [0.05, 0.1) is 6.57 Å². The highest BCUT2D eigenvalue weighted by Crippen LogP contribution is 2.29. The molecule has 1 saturated carbocycles. The Morgan fingerprint density at radius 2 is 1.88 bits per heavy atom. The maximum absolute atomic E-state index is 13.4. The normalized spacial score (nSPS) is 14.7. The van der Waals surface area contributed by atoms with Crippen molar-refractivity contribution in [3.05, 3.63) is 71.8 Å². The Morgan fingerprint density at radius 1 is 1.15 bits per heavy atom. The number of rotatable bonds is 9. The number of anilines is 2. The predicted octanol–water partition coefficient (Wildman–Crippen LogP) is 4.93. The van der Waals surface area contributed by atoms with Gasteiger partial charge in [-0.15, -0.1) is 0 Å². The molecule has 2 heterocycles. The molecule has 4 rings (SSSR count). The van der Waals surface area contributed by atoms with Crippen LogP contribution in [0.1, 0.15) is 44.6 Å². The number of carbonyl (C=O) groups is 1. The van der Waals surface area contributed by atoms with Crippen LogP contribution in [0, 0.1) is 12.5 Å². The van der Waals surface area contributed by atoms with Crippen molar-refractivity contribution in [3.63, 3.8) is 0 Å². The molecule has 0 saturated heterocycles. The third-order valence-corrected chi connectivity index (χ3v) is 6.16. The molecular weight excluding hydrogens is 426 g/mol. The van der Waals surface area contributed by atoms with Gasteiger partial charge in [-0.2, -0.15) is 9.97 Å². The first-order valence-electron chi connectivity index (χ1n) is 11.9. The zero-order valence-corrected chi connectivity index (χ0v) is 19.5. The van der Waals surface area contributed by atoms with Gasteiger partial charge in [0, 0.05) is 31.5 Å². The van der Waals surface area contributed by atoms with Crippen molar-refractivity contribution in [2.45, 2.75) is 51.6 Å². The van der Waals surface area contributed by atoms with Crippen LogP contribution in [0.25, 0.3) is 10.7 Å². The van der Waals surface area contributed by atoms with Crippen LogP contribution in [-0.2, 0) is 11.3 Å². The van der Waals surface area contributed by atoms with Crippen molar-refractivity contribution >= 4 is 23.4 Å². The molecule has 1 aromatic carbocycles. The average molecular weight is 458 g/mol. The third-order valence-electron chi connectivity index (χ3n) is 6.16. The summed E-state index contributed by atoms with van der Waals surface area (Å²) in [4.78, 5) is 26.0. The van der Waals surface area contributed by atoms with E-state index in [1.165, 1.54) is 6.42 Å². The quantitative estimate of drug-likeness (QED) is 0.397. The summed E-state index contributed by atoms with van der Waals surface area (Å²) < 4.78 is 1.93. The Kier molecular flexibility index (Phi) is 7.76. The maximum atomic E-state index is 13.4. The lowest BCUT2D eigenvalue weighted by Crippen LogP contribution is -2.45. The zero-order chi connectivity index (χ0) is 23.8. The van der Waals surface area contributed by atoms with Crippen molar-refractivity contribution in [1.29, 1.82) is 0 Å². The van der Waals surface area contributed by atoms with Crippen LogP contribution in [-0.4, -0.2) is 33.0 Å². The van der Waals surface area contributed by atoms with E-state index in [1.807, 2.05) is 54.2 Å². The molecule has 8 nitrogen and oxygen atoms in total.